The molecule has 3 amide bonds. The Morgan fingerprint density at radius 3 is 2.41 bits per heavy atom. The first-order valence-corrected chi connectivity index (χ1v) is 8.66. The summed E-state index contributed by atoms with van der Waals surface area (Å²) < 4.78 is 5.33. The number of para-hydroxylation sites is 2. The molecule has 0 atom stereocenters. The van der Waals surface area contributed by atoms with Crippen LogP contribution in [0.5, 0.6) is 5.75 Å². The van der Waals surface area contributed by atoms with Crippen molar-refractivity contribution in [3.8, 4) is 5.75 Å². The Labute approximate surface area is 158 Å². The summed E-state index contributed by atoms with van der Waals surface area (Å²) in [5.41, 5.74) is 2.11. The quantitative estimate of drug-likeness (QED) is 0.662. The van der Waals surface area contributed by atoms with Gasteiger partial charge in [-0.05, 0) is 17.7 Å². The molecule has 3 N–H and O–H groups in total. The molecule has 0 bridgehead atoms. The van der Waals surface area contributed by atoms with Crippen molar-refractivity contribution in [2.45, 2.75) is 13.0 Å². The van der Waals surface area contributed by atoms with Gasteiger partial charge in [-0.15, -0.1) is 0 Å². The highest BCUT2D eigenvalue weighted by Crippen LogP contribution is 2.21. The summed E-state index contributed by atoms with van der Waals surface area (Å²) in [6.45, 7) is 0.290. The van der Waals surface area contributed by atoms with Gasteiger partial charge in [-0.2, -0.15) is 0 Å². The van der Waals surface area contributed by atoms with E-state index in [1.165, 1.54) is 4.90 Å². The Bertz CT molecular complexity index is 779. The van der Waals surface area contributed by atoms with Crippen molar-refractivity contribution in [1.82, 2.24) is 10.2 Å². The summed E-state index contributed by atoms with van der Waals surface area (Å²) >= 11 is 0. The molecular weight excluding hydrogens is 346 g/mol. The van der Waals surface area contributed by atoms with Crippen LogP contribution in [0.15, 0.2) is 48.5 Å². The number of carbonyl (C=O) groups is 2. The highest BCUT2D eigenvalue weighted by Gasteiger charge is 2.17. The number of aliphatic hydroxyl groups is 1. The minimum atomic E-state index is -0.362. The van der Waals surface area contributed by atoms with Crippen LogP contribution in [0.2, 0.25) is 0 Å². The van der Waals surface area contributed by atoms with Crippen LogP contribution >= 0.6 is 0 Å². The average molecular weight is 371 g/mol. The Morgan fingerprint density at radius 1 is 1.07 bits per heavy atom. The fraction of sp³-hybridized carbons (Fsp3) is 0.300. The summed E-state index contributed by atoms with van der Waals surface area (Å²) in [4.78, 5) is 26.0. The van der Waals surface area contributed by atoms with Gasteiger partial charge in [-0.1, -0.05) is 36.4 Å². The molecule has 144 valence electrons. The van der Waals surface area contributed by atoms with Crippen molar-refractivity contribution in [3.05, 3.63) is 59.7 Å². The molecule has 0 aliphatic heterocycles. The summed E-state index contributed by atoms with van der Waals surface area (Å²) in [6, 6.07) is 14.2. The number of amides is 3. The van der Waals surface area contributed by atoms with Gasteiger partial charge in [0.05, 0.1) is 26.7 Å². The molecule has 27 heavy (non-hydrogen) atoms. The van der Waals surface area contributed by atoms with Gasteiger partial charge in [0.15, 0.2) is 0 Å². The number of anilines is 1. The maximum absolute atomic E-state index is 12.8. The third kappa shape index (κ3) is 5.72. The molecule has 2 aromatic rings. The molecule has 0 aromatic heterocycles. The summed E-state index contributed by atoms with van der Waals surface area (Å²) in [5.74, 6) is 0.534. The number of likely N-dealkylation sites (N-methyl/N-ethyl adjacent to an activating group) is 1. The van der Waals surface area contributed by atoms with Gasteiger partial charge in [0.25, 0.3) is 0 Å². The van der Waals surface area contributed by atoms with E-state index in [0.717, 1.165) is 5.56 Å². The number of aliphatic hydroxyl groups excluding tert-OH is 1. The number of benzene rings is 2. The van der Waals surface area contributed by atoms with Crippen LogP contribution in [-0.4, -0.2) is 49.3 Å². The Kier molecular flexibility index (Phi) is 7.63. The van der Waals surface area contributed by atoms with Gasteiger partial charge in [0.1, 0.15) is 5.75 Å². The number of hydrogen-bond donors (Lipinski definition) is 3. The van der Waals surface area contributed by atoms with Gasteiger partial charge in [-0.25, -0.2) is 4.79 Å². The summed E-state index contributed by atoms with van der Waals surface area (Å²) in [6.07, 6.45) is 0.166. The second-order valence-corrected chi connectivity index (χ2v) is 5.89. The molecule has 0 heterocycles. The highest BCUT2D eigenvalue weighted by molar-refractivity contribution is 5.91. The van der Waals surface area contributed by atoms with Gasteiger partial charge >= 0.3 is 6.03 Å². The van der Waals surface area contributed by atoms with E-state index in [1.807, 2.05) is 30.3 Å². The van der Waals surface area contributed by atoms with Crippen LogP contribution in [0, 0.1) is 0 Å². The molecule has 0 saturated heterocycles. The maximum atomic E-state index is 12.8. The molecule has 2 rings (SSSR count). The van der Waals surface area contributed by atoms with Crippen molar-refractivity contribution >= 4 is 17.6 Å². The van der Waals surface area contributed by atoms with E-state index in [-0.39, 0.29) is 38.1 Å². The third-order valence-corrected chi connectivity index (χ3v) is 4.10. The van der Waals surface area contributed by atoms with Gasteiger partial charge in [-0.3, -0.25) is 4.79 Å². The van der Waals surface area contributed by atoms with Gasteiger partial charge in [0.2, 0.25) is 5.91 Å². The molecule has 0 saturated carbocycles. The zero-order chi connectivity index (χ0) is 19.6. The van der Waals surface area contributed by atoms with Crippen molar-refractivity contribution in [2.75, 3.05) is 32.6 Å². The van der Waals surface area contributed by atoms with Gasteiger partial charge in [0, 0.05) is 24.8 Å². The van der Waals surface area contributed by atoms with Gasteiger partial charge < -0.3 is 25.4 Å². The number of ether oxygens (including phenoxy) is 1. The van der Waals surface area contributed by atoms with Crippen LogP contribution in [0.25, 0.3) is 0 Å². The SMILES string of the molecule is CNC(=O)Cc1ccccc1NC(=O)N(CCO)Cc1ccccc1OC. The monoisotopic (exact) mass is 371 g/mol. The number of methoxy groups -OCH3 is 1. The largest absolute Gasteiger partial charge is 0.496 e. The maximum Gasteiger partial charge on any atom is 0.322 e. The predicted molar refractivity (Wildman–Crippen MR) is 104 cm³/mol. The molecular formula is C20H25N3O4. The summed E-state index contributed by atoms with van der Waals surface area (Å²) in [5, 5.41) is 14.8. The lowest BCUT2D eigenvalue weighted by Gasteiger charge is -2.24. The second-order valence-electron chi connectivity index (χ2n) is 5.89. The van der Waals surface area contributed by atoms with Crippen LogP contribution in [0.1, 0.15) is 11.1 Å². The van der Waals surface area contributed by atoms with E-state index >= 15 is 0 Å². The lowest BCUT2D eigenvalue weighted by molar-refractivity contribution is -0.119. The van der Waals surface area contributed by atoms with E-state index in [9.17, 15) is 14.7 Å². The zero-order valence-corrected chi connectivity index (χ0v) is 15.6. The topological polar surface area (TPSA) is 90.9 Å². The number of urea groups is 1. The van der Waals surface area contributed by atoms with Crippen molar-refractivity contribution in [1.29, 1.82) is 0 Å². The molecule has 0 aliphatic rings. The van der Waals surface area contributed by atoms with Crippen molar-refractivity contribution in [3.63, 3.8) is 0 Å². The minimum absolute atomic E-state index is 0.141. The normalized spacial score (nSPS) is 10.2. The summed E-state index contributed by atoms with van der Waals surface area (Å²) in [7, 11) is 3.14. The van der Waals surface area contributed by atoms with E-state index in [4.69, 9.17) is 4.74 Å². The number of carbonyl (C=O) groups excluding carboxylic acids is 2. The zero-order valence-electron chi connectivity index (χ0n) is 15.6. The molecule has 0 unspecified atom stereocenters. The highest BCUT2D eigenvalue weighted by atomic mass is 16.5. The Hall–Kier alpha value is -3.06. The predicted octanol–water partition coefficient (Wildman–Crippen LogP) is 2.01. The molecule has 0 aliphatic carbocycles. The van der Waals surface area contributed by atoms with Crippen LogP contribution in [0.3, 0.4) is 0 Å². The average Bonchev–Trinajstić information content (AvgIpc) is 2.69. The first-order chi connectivity index (χ1) is 13.1. The molecule has 0 spiro atoms. The van der Waals surface area contributed by atoms with E-state index in [2.05, 4.69) is 10.6 Å². The van der Waals surface area contributed by atoms with E-state index in [1.54, 1.807) is 32.4 Å². The number of hydrogen-bond acceptors (Lipinski definition) is 4. The first kappa shape index (κ1) is 20.3. The molecule has 0 fully saturated rings. The molecule has 7 nitrogen and oxygen atoms in total. The fourth-order valence-corrected chi connectivity index (χ4v) is 2.66. The van der Waals surface area contributed by atoms with Crippen molar-refractivity contribution < 1.29 is 19.4 Å². The Balaban J connectivity index is 2.17. The van der Waals surface area contributed by atoms with Crippen molar-refractivity contribution in [2.24, 2.45) is 0 Å². The van der Waals surface area contributed by atoms with Crippen LogP contribution in [-0.2, 0) is 17.8 Å². The molecule has 0 radical (unpaired) electrons. The number of nitrogens with one attached hydrogen (secondary N) is 2. The first-order valence-electron chi connectivity index (χ1n) is 8.66. The smallest absolute Gasteiger partial charge is 0.322 e. The lowest BCUT2D eigenvalue weighted by atomic mass is 10.1. The minimum Gasteiger partial charge on any atom is -0.496 e. The van der Waals surface area contributed by atoms with Crippen LogP contribution in [0.4, 0.5) is 10.5 Å². The second kappa shape index (κ2) is 10.2. The number of nitrogens with zero attached hydrogens (tertiary/aromatic N) is 1. The van der Waals surface area contributed by atoms with E-state index < -0.39 is 0 Å². The third-order valence-electron chi connectivity index (χ3n) is 4.10. The lowest BCUT2D eigenvalue weighted by Crippen LogP contribution is -2.37. The fourth-order valence-electron chi connectivity index (χ4n) is 2.66. The standard InChI is InChI=1S/C20H25N3O4/c1-21-19(25)13-15-7-3-5-9-17(15)22-20(26)23(11-12-24)14-16-8-4-6-10-18(16)27-2/h3-10,24H,11-14H2,1-2H3,(H,21,25)(H,22,26). The molecule has 7 heteroatoms. The molecule has 2 aromatic carbocycles. The van der Waals surface area contributed by atoms with Crippen LogP contribution < -0.4 is 15.4 Å². The Morgan fingerprint density at radius 2 is 1.74 bits per heavy atom. The van der Waals surface area contributed by atoms with E-state index in [0.29, 0.717) is 17.0 Å². The number of rotatable bonds is 8.